The molecule has 0 fully saturated rings. The van der Waals surface area contributed by atoms with Gasteiger partial charge in [-0.15, -0.1) is 0 Å². The number of hydrogen-bond acceptors (Lipinski definition) is 5. The lowest BCUT2D eigenvalue weighted by atomic mass is 10.2. The molecular formula is C20H20Cl2N2O5. The van der Waals surface area contributed by atoms with E-state index in [0.29, 0.717) is 15.7 Å². The quantitative estimate of drug-likeness (QED) is 0.640. The summed E-state index contributed by atoms with van der Waals surface area (Å²) in [5.74, 6) is -1.34. The molecule has 9 heteroatoms. The third kappa shape index (κ3) is 6.66. The van der Waals surface area contributed by atoms with E-state index in [1.54, 1.807) is 42.5 Å². The molecule has 0 aliphatic carbocycles. The Hall–Kier alpha value is -2.77. The molecule has 0 bridgehead atoms. The van der Waals surface area contributed by atoms with Crippen LogP contribution in [0.3, 0.4) is 0 Å². The zero-order chi connectivity index (χ0) is 21.4. The number of nitrogens with one attached hydrogen (secondary N) is 1. The van der Waals surface area contributed by atoms with Gasteiger partial charge in [0.2, 0.25) is 5.91 Å². The van der Waals surface area contributed by atoms with Gasteiger partial charge in [-0.05, 0) is 31.2 Å². The monoisotopic (exact) mass is 438 g/mol. The minimum Gasteiger partial charge on any atom is -0.482 e. The summed E-state index contributed by atoms with van der Waals surface area (Å²) in [6.45, 7) is 0.869. The van der Waals surface area contributed by atoms with Crippen molar-refractivity contribution in [3.63, 3.8) is 0 Å². The Morgan fingerprint density at radius 3 is 2.45 bits per heavy atom. The fraction of sp³-hybridized carbons (Fsp3) is 0.250. The molecule has 1 atom stereocenters. The second kappa shape index (κ2) is 10.7. The molecule has 0 saturated carbocycles. The Labute approximate surface area is 178 Å². The number of carbonyl (C=O) groups is 3. The predicted molar refractivity (Wildman–Crippen MR) is 110 cm³/mol. The van der Waals surface area contributed by atoms with Gasteiger partial charge < -0.3 is 14.8 Å². The lowest BCUT2D eigenvalue weighted by Gasteiger charge is -2.25. The molecule has 0 radical (unpaired) electrons. The van der Waals surface area contributed by atoms with Crippen LogP contribution in [0.4, 0.5) is 5.69 Å². The third-order valence-corrected chi connectivity index (χ3v) is 4.40. The number of para-hydroxylation sites is 1. The van der Waals surface area contributed by atoms with Gasteiger partial charge >= 0.3 is 5.97 Å². The molecule has 0 aliphatic heterocycles. The van der Waals surface area contributed by atoms with E-state index in [2.05, 4.69) is 10.1 Å². The molecule has 154 valence electrons. The number of nitrogens with zero attached hydrogens (tertiary/aromatic N) is 1. The number of rotatable bonds is 8. The summed E-state index contributed by atoms with van der Waals surface area (Å²) >= 11 is 11.9. The van der Waals surface area contributed by atoms with E-state index in [0.717, 1.165) is 0 Å². The molecule has 7 nitrogen and oxygen atoms in total. The molecule has 1 N–H and O–H groups in total. The van der Waals surface area contributed by atoms with Crippen molar-refractivity contribution < 1.29 is 23.9 Å². The number of halogens is 2. The average molecular weight is 439 g/mol. The second-order valence-electron chi connectivity index (χ2n) is 5.99. The number of esters is 1. The summed E-state index contributed by atoms with van der Waals surface area (Å²) in [5.41, 5.74) is 0.506. The largest absolute Gasteiger partial charge is 0.482 e. The van der Waals surface area contributed by atoms with Crippen molar-refractivity contribution >= 4 is 46.7 Å². The van der Waals surface area contributed by atoms with Gasteiger partial charge in [-0.2, -0.15) is 0 Å². The summed E-state index contributed by atoms with van der Waals surface area (Å²) in [7, 11) is 1.24. The van der Waals surface area contributed by atoms with Crippen LogP contribution >= 0.6 is 23.2 Å². The zero-order valence-corrected chi connectivity index (χ0v) is 17.4. The summed E-state index contributed by atoms with van der Waals surface area (Å²) < 4.78 is 10.0. The molecular weight excluding hydrogens is 419 g/mol. The van der Waals surface area contributed by atoms with Gasteiger partial charge in [-0.1, -0.05) is 41.4 Å². The molecule has 2 rings (SSSR count). The first-order valence-electron chi connectivity index (χ1n) is 8.62. The lowest BCUT2D eigenvalue weighted by Crippen LogP contribution is -2.49. The van der Waals surface area contributed by atoms with E-state index in [4.69, 9.17) is 27.9 Å². The van der Waals surface area contributed by atoms with Gasteiger partial charge in [0.05, 0.1) is 12.1 Å². The van der Waals surface area contributed by atoms with Crippen LogP contribution in [-0.2, 0) is 19.1 Å². The first kappa shape index (κ1) is 22.5. The summed E-state index contributed by atoms with van der Waals surface area (Å²) in [4.78, 5) is 38.0. The topological polar surface area (TPSA) is 84.9 Å². The van der Waals surface area contributed by atoms with Crippen molar-refractivity contribution in [1.82, 2.24) is 5.32 Å². The maximum absolute atomic E-state index is 12.8. The molecule has 0 spiro atoms. The van der Waals surface area contributed by atoms with Gasteiger partial charge in [-0.25, -0.2) is 0 Å². The van der Waals surface area contributed by atoms with Crippen LogP contribution in [0.2, 0.25) is 10.0 Å². The van der Waals surface area contributed by atoms with Crippen LogP contribution in [0.25, 0.3) is 0 Å². The van der Waals surface area contributed by atoms with Gasteiger partial charge in [0.15, 0.2) is 6.61 Å². The van der Waals surface area contributed by atoms with Crippen LogP contribution in [-0.4, -0.2) is 44.1 Å². The minimum absolute atomic E-state index is 0.255. The fourth-order valence-corrected chi connectivity index (χ4v) is 2.74. The molecule has 2 aromatic rings. The van der Waals surface area contributed by atoms with E-state index < -0.39 is 23.8 Å². The fourth-order valence-electron chi connectivity index (χ4n) is 2.41. The van der Waals surface area contributed by atoms with Crippen molar-refractivity contribution in [2.24, 2.45) is 0 Å². The van der Waals surface area contributed by atoms with Gasteiger partial charge in [-0.3, -0.25) is 19.3 Å². The highest BCUT2D eigenvalue weighted by Gasteiger charge is 2.25. The molecule has 0 aliphatic rings. The Bertz CT molecular complexity index is 876. The van der Waals surface area contributed by atoms with Gasteiger partial charge in [0.25, 0.3) is 5.91 Å². The second-order valence-corrected chi connectivity index (χ2v) is 6.83. The number of anilines is 1. The normalized spacial score (nSPS) is 11.3. The highest BCUT2D eigenvalue weighted by atomic mass is 35.5. The van der Waals surface area contributed by atoms with E-state index in [-0.39, 0.29) is 18.9 Å². The summed E-state index contributed by atoms with van der Waals surface area (Å²) in [6, 6.07) is 12.3. The van der Waals surface area contributed by atoms with E-state index in [9.17, 15) is 14.4 Å². The smallest absolute Gasteiger partial charge is 0.325 e. The van der Waals surface area contributed by atoms with Crippen LogP contribution in [0.15, 0.2) is 48.5 Å². The van der Waals surface area contributed by atoms with E-state index in [1.165, 1.54) is 25.0 Å². The average Bonchev–Trinajstić information content (AvgIpc) is 2.72. The highest BCUT2D eigenvalue weighted by molar-refractivity contribution is 6.34. The van der Waals surface area contributed by atoms with Crippen molar-refractivity contribution in [2.75, 3.05) is 25.2 Å². The van der Waals surface area contributed by atoms with Gasteiger partial charge in [0, 0.05) is 16.8 Å². The van der Waals surface area contributed by atoms with Crippen molar-refractivity contribution in [3.05, 3.63) is 58.6 Å². The third-order valence-electron chi connectivity index (χ3n) is 3.85. The Morgan fingerprint density at radius 2 is 1.79 bits per heavy atom. The molecule has 0 aromatic heterocycles. The van der Waals surface area contributed by atoms with Crippen molar-refractivity contribution in [1.29, 1.82) is 0 Å². The van der Waals surface area contributed by atoms with E-state index >= 15 is 0 Å². The Kier molecular flexibility index (Phi) is 8.30. The number of carbonyl (C=O) groups excluding carboxylic acids is 3. The standard InChI is InChI=1S/C20H20Cl2N2O5/c1-13(23-18(25)12-29-17-10-14(21)8-9-16(17)22)20(27)24(11-19(26)28-2)15-6-4-3-5-7-15/h3-10,13H,11-12H2,1-2H3,(H,23,25)/t13-/m0/s1. The molecule has 0 unspecified atom stereocenters. The van der Waals surface area contributed by atoms with Crippen LogP contribution in [0, 0.1) is 0 Å². The maximum Gasteiger partial charge on any atom is 0.325 e. The van der Waals surface area contributed by atoms with Crippen molar-refractivity contribution in [3.8, 4) is 5.75 Å². The number of amides is 2. The lowest BCUT2D eigenvalue weighted by molar-refractivity contribution is -0.140. The highest BCUT2D eigenvalue weighted by Crippen LogP contribution is 2.27. The minimum atomic E-state index is -0.911. The predicted octanol–water partition coefficient (Wildman–Crippen LogP) is 3.08. The summed E-state index contributed by atoms with van der Waals surface area (Å²) in [5, 5.41) is 3.26. The maximum atomic E-state index is 12.8. The van der Waals surface area contributed by atoms with E-state index in [1.807, 2.05) is 0 Å². The number of benzene rings is 2. The Morgan fingerprint density at radius 1 is 1.10 bits per heavy atom. The number of ether oxygens (including phenoxy) is 2. The SMILES string of the molecule is COC(=O)CN(C(=O)[C@H](C)NC(=O)COc1cc(Cl)ccc1Cl)c1ccccc1. The molecule has 0 saturated heterocycles. The summed E-state index contributed by atoms with van der Waals surface area (Å²) in [6.07, 6.45) is 0. The molecule has 2 aromatic carbocycles. The number of hydrogen-bond donors (Lipinski definition) is 1. The molecule has 0 heterocycles. The number of methoxy groups -OCH3 is 1. The Balaban J connectivity index is 2.01. The molecule has 29 heavy (non-hydrogen) atoms. The van der Waals surface area contributed by atoms with Crippen LogP contribution in [0.5, 0.6) is 5.75 Å². The first-order valence-corrected chi connectivity index (χ1v) is 9.38. The zero-order valence-electron chi connectivity index (χ0n) is 15.9. The molecule has 2 amide bonds. The van der Waals surface area contributed by atoms with Crippen LogP contribution < -0.4 is 15.0 Å². The first-order chi connectivity index (χ1) is 13.8. The van der Waals surface area contributed by atoms with Gasteiger partial charge in [0.1, 0.15) is 18.3 Å². The van der Waals surface area contributed by atoms with Crippen molar-refractivity contribution in [2.45, 2.75) is 13.0 Å². The van der Waals surface area contributed by atoms with Crippen LogP contribution in [0.1, 0.15) is 6.92 Å².